The summed E-state index contributed by atoms with van der Waals surface area (Å²) in [6, 6.07) is 19.1. The standard InChI is InChI=1S/C19H15N3O/c1-13(14-7-3-2-4-8-14)11-15(12-20)18-21-17-10-6-5-9-16(17)19(23)22-18/h2-11,13H,1H3,(H,21,22,23). The summed E-state index contributed by atoms with van der Waals surface area (Å²) in [5.74, 6) is 0.349. The van der Waals surface area contributed by atoms with Crippen LogP contribution >= 0.6 is 0 Å². The van der Waals surface area contributed by atoms with Crippen LogP contribution in [0.5, 0.6) is 0 Å². The third-order valence-corrected chi connectivity index (χ3v) is 3.73. The van der Waals surface area contributed by atoms with Crippen LogP contribution in [-0.4, -0.2) is 9.97 Å². The van der Waals surface area contributed by atoms with Crippen molar-refractivity contribution in [3.05, 3.63) is 82.4 Å². The fourth-order valence-electron chi connectivity index (χ4n) is 2.49. The van der Waals surface area contributed by atoms with Crippen LogP contribution in [0.2, 0.25) is 0 Å². The first-order chi connectivity index (χ1) is 11.2. The summed E-state index contributed by atoms with van der Waals surface area (Å²) in [5, 5.41) is 9.98. The molecule has 2 aromatic carbocycles. The molecule has 0 spiro atoms. The fraction of sp³-hybridized carbons (Fsp3) is 0.105. The van der Waals surface area contributed by atoms with Gasteiger partial charge in [-0.05, 0) is 17.7 Å². The number of para-hydroxylation sites is 1. The molecule has 0 amide bonds. The summed E-state index contributed by atoms with van der Waals surface area (Å²) in [6.45, 7) is 2.01. The van der Waals surface area contributed by atoms with Crippen molar-refractivity contribution in [3.8, 4) is 6.07 Å². The highest BCUT2D eigenvalue weighted by atomic mass is 16.1. The summed E-state index contributed by atoms with van der Waals surface area (Å²) in [7, 11) is 0. The SMILES string of the molecule is CC(C=C(C#N)c1nc2ccccc2c(=O)[nH]1)c1ccccc1. The Labute approximate surface area is 133 Å². The van der Waals surface area contributed by atoms with Gasteiger partial charge in [-0.15, -0.1) is 0 Å². The zero-order valence-electron chi connectivity index (χ0n) is 12.7. The summed E-state index contributed by atoms with van der Waals surface area (Å²) in [4.78, 5) is 19.3. The van der Waals surface area contributed by atoms with Gasteiger partial charge in [-0.1, -0.05) is 55.5 Å². The van der Waals surface area contributed by atoms with Gasteiger partial charge in [0.25, 0.3) is 5.56 Å². The number of fused-ring (bicyclic) bond motifs is 1. The van der Waals surface area contributed by atoms with Gasteiger partial charge in [0, 0.05) is 5.92 Å². The predicted molar refractivity (Wildman–Crippen MR) is 90.8 cm³/mol. The van der Waals surface area contributed by atoms with E-state index >= 15 is 0 Å². The van der Waals surface area contributed by atoms with E-state index in [1.165, 1.54) is 0 Å². The van der Waals surface area contributed by atoms with Gasteiger partial charge in [-0.25, -0.2) is 4.98 Å². The lowest BCUT2D eigenvalue weighted by molar-refractivity contribution is 0.966. The summed E-state index contributed by atoms with van der Waals surface area (Å²) < 4.78 is 0. The monoisotopic (exact) mass is 301 g/mol. The normalized spacial score (nSPS) is 12.8. The highest BCUT2D eigenvalue weighted by Gasteiger charge is 2.10. The molecule has 1 atom stereocenters. The van der Waals surface area contributed by atoms with Crippen molar-refractivity contribution in [3.63, 3.8) is 0 Å². The van der Waals surface area contributed by atoms with E-state index in [0.29, 0.717) is 22.3 Å². The second kappa shape index (κ2) is 6.29. The van der Waals surface area contributed by atoms with Crippen molar-refractivity contribution in [1.29, 1.82) is 5.26 Å². The van der Waals surface area contributed by atoms with Crippen LogP contribution in [0, 0.1) is 11.3 Å². The van der Waals surface area contributed by atoms with E-state index in [0.717, 1.165) is 5.56 Å². The first-order valence-electron chi connectivity index (χ1n) is 7.35. The van der Waals surface area contributed by atoms with Crippen molar-refractivity contribution in [1.82, 2.24) is 9.97 Å². The molecule has 0 saturated carbocycles. The smallest absolute Gasteiger partial charge is 0.259 e. The zero-order chi connectivity index (χ0) is 16.2. The Morgan fingerprint density at radius 1 is 1.17 bits per heavy atom. The molecule has 0 aliphatic carbocycles. The van der Waals surface area contributed by atoms with E-state index in [1.807, 2.05) is 49.4 Å². The van der Waals surface area contributed by atoms with E-state index in [1.54, 1.807) is 18.2 Å². The van der Waals surface area contributed by atoms with Crippen LogP contribution in [0.3, 0.4) is 0 Å². The van der Waals surface area contributed by atoms with Crippen LogP contribution in [0.25, 0.3) is 16.5 Å². The van der Waals surface area contributed by atoms with Crippen LogP contribution in [0.4, 0.5) is 0 Å². The van der Waals surface area contributed by atoms with Crippen molar-refractivity contribution < 1.29 is 0 Å². The summed E-state index contributed by atoms with van der Waals surface area (Å²) in [6.07, 6.45) is 1.82. The fourth-order valence-corrected chi connectivity index (χ4v) is 2.49. The molecule has 3 aromatic rings. The third-order valence-electron chi connectivity index (χ3n) is 3.73. The maximum Gasteiger partial charge on any atom is 0.259 e. The Morgan fingerprint density at radius 2 is 1.87 bits per heavy atom. The number of aromatic amines is 1. The molecule has 1 unspecified atom stereocenters. The Morgan fingerprint density at radius 3 is 2.61 bits per heavy atom. The first-order valence-corrected chi connectivity index (χ1v) is 7.35. The van der Waals surface area contributed by atoms with Crippen LogP contribution in [0.15, 0.2) is 65.5 Å². The Balaban J connectivity index is 2.06. The van der Waals surface area contributed by atoms with Crippen molar-refractivity contribution in [2.75, 3.05) is 0 Å². The lowest BCUT2D eigenvalue weighted by Gasteiger charge is -2.08. The number of benzene rings is 2. The summed E-state index contributed by atoms with van der Waals surface area (Å²) in [5.41, 5.74) is 1.81. The quantitative estimate of drug-likeness (QED) is 0.751. The van der Waals surface area contributed by atoms with Gasteiger partial charge in [0.15, 0.2) is 5.82 Å². The van der Waals surface area contributed by atoms with Gasteiger partial charge in [0.2, 0.25) is 0 Å². The molecule has 1 heterocycles. The highest BCUT2D eigenvalue weighted by Crippen LogP contribution is 2.21. The van der Waals surface area contributed by atoms with Crippen LogP contribution in [-0.2, 0) is 0 Å². The van der Waals surface area contributed by atoms with Crippen molar-refractivity contribution in [2.45, 2.75) is 12.8 Å². The second-order valence-electron chi connectivity index (χ2n) is 5.32. The number of nitriles is 1. The van der Waals surface area contributed by atoms with Gasteiger partial charge in [-0.3, -0.25) is 4.79 Å². The lowest BCUT2D eigenvalue weighted by Crippen LogP contribution is -2.11. The van der Waals surface area contributed by atoms with Gasteiger partial charge in [0.1, 0.15) is 6.07 Å². The number of hydrogen-bond acceptors (Lipinski definition) is 3. The number of rotatable bonds is 3. The minimum Gasteiger partial charge on any atom is -0.305 e. The maximum absolute atomic E-state index is 12.1. The zero-order valence-corrected chi connectivity index (χ0v) is 12.7. The van der Waals surface area contributed by atoms with E-state index in [4.69, 9.17) is 0 Å². The van der Waals surface area contributed by atoms with E-state index in [2.05, 4.69) is 16.0 Å². The molecule has 0 radical (unpaired) electrons. The molecule has 4 heteroatoms. The van der Waals surface area contributed by atoms with E-state index < -0.39 is 0 Å². The molecular weight excluding hydrogens is 286 g/mol. The molecular formula is C19H15N3O. The molecule has 1 N–H and O–H groups in total. The van der Waals surface area contributed by atoms with Crippen molar-refractivity contribution >= 4 is 16.5 Å². The predicted octanol–water partition coefficient (Wildman–Crippen LogP) is 3.63. The molecule has 0 aliphatic heterocycles. The number of nitrogens with zero attached hydrogens (tertiary/aromatic N) is 2. The minimum absolute atomic E-state index is 0.0441. The first kappa shape index (κ1) is 14.7. The maximum atomic E-state index is 12.1. The minimum atomic E-state index is -0.237. The average molecular weight is 301 g/mol. The van der Waals surface area contributed by atoms with Crippen LogP contribution < -0.4 is 5.56 Å². The molecule has 4 nitrogen and oxygen atoms in total. The van der Waals surface area contributed by atoms with Gasteiger partial charge < -0.3 is 4.98 Å². The molecule has 0 fully saturated rings. The second-order valence-corrected chi connectivity index (χ2v) is 5.32. The molecule has 1 aromatic heterocycles. The highest BCUT2D eigenvalue weighted by molar-refractivity contribution is 5.81. The Kier molecular flexibility index (Phi) is 4.03. The number of allylic oxidation sites excluding steroid dienone is 2. The molecule has 0 saturated heterocycles. The topological polar surface area (TPSA) is 69.5 Å². The van der Waals surface area contributed by atoms with Crippen molar-refractivity contribution in [2.24, 2.45) is 0 Å². The summed E-state index contributed by atoms with van der Waals surface area (Å²) >= 11 is 0. The van der Waals surface area contributed by atoms with E-state index in [9.17, 15) is 10.1 Å². The largest absolute Gasteiger partial charge is 0.305 e. The lowest BCUT2D eigenvalue weighted by atomic mass is 9.98. The molecule has 0 bridgehead atoms. The molecule has 3 rings (SSSR count). The van der Waals surface area contributed by atoms with Gasteiger partial charge in [-0.2, -0.15) is 5.26 Å². The van der Waals surface area contributed by atoms with Crippen LogP contribution in [0.1, 0.15) is 24.2 Å². The number of H-pyrrole nitrogens is 1. The molecule has 23 heavy (non-hydrogen) atoms. The van der Waals surface area contributed by atoms with Gasteiger partial charge in [0.05, 0.1) is 16.5 Å². The Hall–Kier alpha value is -3.19. The number of aromatic nitrogens is 2. The molecule has 0 aliphatic rings. The Bertz CT molecular complexity index is 965. The van der Waals surface area contributed by atoms with E-state index in [-0.39, 0.29) is 11.5 Å². The van der Waals surface area contributed by atoms with Gasteiger partial charge >= 0.3 is 0 Å². The number of hydrogen-bond donors (Lipinski definition) is 1. The molecule has 112 valence electrons. The average Bonchev–Trinajstić information content (AvgIpc) is 2.60. The number of nitrogens with one attached hydrogen (secondary N) is 1. The third kappa shape index (κ3) is 3.04.